The van der Waals surface area contributed by atoms with Crippen LogP contribution in [-0.2, 0) is 42.4 Å². The highest BCUT2D eigenvalue weighted by atomic mass is 35.5. The Morgan fingerprint density at radius 2 is 1.27 bits per heavy atom. The molecule has 1 fully saturated rings. The van der Waals surface area contributed by atoms with E-state index in [9.17, 15) is 23.6 Å². The summed E-state index contributed by atoms with van der Waals surface area (Å²) >= 11 is 11.1. The summed E-state index contributed by atoms with van der Waals surface area (Å²) < 4.78 is 30.9. The molecule has 8 rings (SSSR count). The highest BCUT2D eigenvalue weighted by Crippen LogP contribution is 2.45. The summed E-state index contributed by atoms with van der Waals surface area (Å²) in [5, 5.41) is 39.3. The number of amides is 1. The van der Waals surface area contributed by atoms with Gasteiger partial charge < -0.3 is 19.2 Å². The molecule has 0 saturated carbocycles. The third-order valence-corrected chi connectivity index (χ3v) is 16.5. The van der Waals surface area contributed by atoms with Crippen molar-refractivity contribution in [3.63, 3.8) is 0 Å². The van der Waals surface area contributed by atoms with Crippen LogP contribution in [0.2, 0.25) is 5.02 Å². The van der Waals surface area contributed by atoms with Gasteiger partial charge in [0, 0.05) is 45.2 Å². The fraction of sp³-hybridized carbons (Fsp3) is 0.339. The largest absolute Gasteiger partial charge is 0.507 e. The molecule has 77 heavy (non-hydrogen) atoms. The van der Waals surface area contributed by atoms with Gasteiger partial charge >= 0.3 is 0 Å². The smallest absolute Gasteiger partial charge is 0.264 e. The van der Waals surface area contributed by atoms with Crippen LogP contribution in [0, 0.1) is 5.82 Å². The van der Waals surface area contributed by atoms with E-state index in [1.54, 1.807) is 47.4 Å². The van der Waals surface area contributed by atoms with Gasteiger partial charge in [-0.15, -0.1) is 21.5 Å². The van der Waals surface area contributed by atoms with E-state index in [-0.39, 0.29) is 33.4 Å². The monoisotopic (exact) mass is 1160 g/mol. The molecule has 0 bridgehead atoms. The summed E-state index contributed by atoms with van der Waals surface area (Å²) in [4.78, 5) is 23.1. The molecule has 3 heterocycles. The van der Waals surface area contributed by atoms with E-state index in [0.717, 1.165) is 80.7 Å². The number of rotatable bonds is 10. The van der Waals surface area contributed by atoms with Crippen LogP contribution in [0.1, 0.15) is 118 Å². The summed E-state index contributed by atoms with van der Waals surface area (Å²) in [7, 11) is 1.44. The quantitative estimate of drug-likeness (QED) is 0.0681. The number of thiazole rings is 1. The number of carbonyl (C=O) groups excluding carboxylic acids is 1. The summed E-state index contributed by atoms with van der Waals surface area (Å²) in [5.41, 5.74) is 8.19. The lowest BCUT2D eigenvalue weighted by molar-refractivity contribution is -0.115. The Bertz CT molecular complexity index is 3240. The third-order valence-electron chi connectivity index (χ3n) is 11.7. The molecule has 1 saturated heterocycles. The molecule has 0 aliphatic carbocycles. The van der Waals surface area contributed by atoms with Crippen molar-refractivity contribution in [2.45, 2.75) is 116 Å². The van der Waals surface area contributed by atoms with E-state index in [2.05, 4.69) is 123 Å². The van der Waals surface area contributed by atoms with Crippen LogP contribution in [0.3, 0.4) is 0 Å². The topological polar surface area (TPSA) is 156 Å². The van der Waals surface area contributed by atoms with Gasteiger partial charge in [0.15, 0.2) is 4.34 Å². The number of amidine groups is 1. The molecule has 18 heteroatoms. The minimum absolute atomic E-state index is 0.133. The fourth-order valence-electron chi connectivity index (χ4n) is 7.87. The first-order valence-electron chi connectivity index (χ1n) is 24.7. The van der Waals surface area contributed by atoms with E-state index >= 15 is 0 Å². The number of phenols is 2. The molecule has 1 aliphatic heterocycles. The maximum absolute atomic E-state index is 13.4. The van der Waals surface area contributed by atoms with Crippen LogP contribution in [-0.4, -0.2) is 59.8 Å². The predicted molar refractivity (Wildman–Crippen MR) is 323 cm³/mol. The Hall–Kier alpha value is -5.56. The standard InChI is InChI=1S/C22H15ClFNO2S2.C19H26N2O3S.C18H26N2OS2/c1-29(26)27-17-12-8-15(9-13-17)21-20(14-6-10-16(24)11-7-14)25-22(28-21)18-4-2-3-5-19(18)23;1-18(2,3)12-8-11(9-13(15(12)22)19(4,5)6)10-14-16(23)20-17(25-14)21-24-7;1-8-22-16-20-19-15(23-16)11-9-12(17(2,3)4)14(21)13(10-11)18(5,6)7/h2-13H,1H3;8-10,22H,1-7H3,(H,20,21,23);9-10,21H,8H2,1-7H3/b;14-10-;. The number of thioether (sulfide) groups is 2. The minimum Gasteiger partial charge on any atom is -0.507 e. The molecule has 408 valence electrons. The molecule has 3 N–H and O–H groups in total. The van der Waals surface area contributed by atoms with Gasteiger partial charge in [0.05, 0.1) is 20.5 Å². The van der Waals surface area contributed by atoms with Gasteiger partial charge in [0.2, 0.25) is 16.2 Å². The molecule has 5 aromatic carbocycles. The highest BCUT2D eigenvalue weighted by Gasteiger charge is 2.30. The first-order chi connectivity index (χ1) is 36.0. The molecule has 11 nitrogen and oxygen atoms in total. The van der Waals surface area contributed by atoms with Gasteiger partial charge in [0.1, 0.15) is 40.2 Å². The van der Waals surface area contributed by atoms with Crippen molar-refractivity contribution in [2.75, 3.05) is 19.1 Å². The number of oxime groups is 1. The number of carbonyl (C=O) groups is 1. The normalized spacial score (nSPS) is 14.4. The second-order valence-electron chi connectivity index (χ2n) is 22.0. The summed E-state index contributed by atoms with van der Waals surface area (Å²) in [6.07, 6.45) is 3.29. The molecule has 1 amide bonds. The number of aromatic hydroxyl groups is 2. The van der Waals surface area contributed by atoms with E-state index in [0.29, 0.717) is 32.3 Å². The first kappa shape index (κ1) is 60.7. The minimum atomic E-state index is -1.39. The van der Waals surface area contributed by atoms with Gasteiger partial charge in [-0.1, -0.05) is 148 Å². The fourth-order valence-corrected chi connectivity index (χ4v) is 12.2. The predicted octanol–water partition coefficient (Wildman–Crippen LogP) is 16.3. The summed E-state index contributed by atoms with van der Waals surface area (Å²) in [6, 6.07) is 29.1. The first-order valence-corrected chi connectivity index (χ1v) is 30.0. The van der Waals surface area contributed by atoms with Crippen LogP contribution in [0.5, 0.6) is 17.2 Å². The molecule has 1 atom stereocenters. The van der Waals surface area contributed by atoms with Crippen LogP contribution >= 0.6 is 57.8 Å². The Morgan fingerprint density at radius 1 is 0.740 bits per heavy atom. The molecular weight excluding hydrogens is 1090 g/mol. The number of nitrogens with one attached hydrogen (secondary N) is 1. The van der Waals surface area contributed by atoms with Gasteiger partial charge in [-0.3, -0.25) is 10.1 Å². The lowest BCUT2D eigenvalue weighted by atomic mass is 9.78. The Balaban J connectivity index is 0.000000189. The van der Waals surface area contributed by atoms with Gasteiger partial charge in [-0.05, 0) is 135 Å². The number of nitrogens with zero attached hydrogens (tertiary/aromatic N) is 4. The zero-order valence-electron chi connectivity index (χ0n) is 46.1. The molecule has 2 aromatic heterocycles. The van der Waals surface area contributed by atoms with E-state index in [1.807, 2.05) is 54.6 Å². The molecule has 0 radical (unpaired) electrons. The number of hydrogen-bond acceptors (Lipinski definition) is 14. The van der Waals surface area contributed by atoms with E-state index in [4.69, 9.17) is 25.6 Å². The maximum atomic E-state index is 13.4. The van der Waals surface area contributed by atoms with Crippen LogP contribution in [0.25, 0.3) is 48.9 Å². The molecule has 7 aromatic rings. The number of benzene rings is 5. The molecule has 1 aliphatic rings. The van der Waals surface area contributed by atoms with Crippen molar-refractivity contribution in [1.29, 1.82) is 0 Å². The second kappa shape index (κ2) is 25.1. The lowest BCUT2D eigenvalue weighted by Gasteiger charge is -2.28. The summed E-state index contributed by atoms with van der Waals surface area (Å²) in [6.45, 7) is 27.2. The SMILES string of the molecule is CCSc1nnc(-c2cc(C(C)(C)C)c(O)c(C(C)(C)C)c2)s1.CON=C1NC(=O)/C(=C/c2cc(C(C)(C)C)c(O)c(C(C)(C)C)c2)S1.CS(=O)Oc1ccc(-c2sc(-c3ccccc3Cl)nc2-c2ccc(F)cc2)cc1. The van der Waals surface area contributed by atoms with Crippen molar-refractivity contribution in [3.05, 3.63) is 141 Å². The second-order valence-corrected chi connectivity index (χ2v) is 27.9. The number of aromatic nitrogens is 3. The average molecular weight is 1160 g/mol. The number of hydrogen-bond donors (Lipinski definition) is 3. The maximum Gasteiger partial charge on any atom is 0.264 e. The zero-order valence-corrected chi connectivity index (χ0v) is 51.0. The van der Waals surface area contributed by atoms with Gasteiger partial charge in [-0.25, -0.2) is 13.6 Å². The van der Waals surface area contributed by atoms with Crippen molar-refractivity contribution in [1.82, 2.24) is 20.5 Å². The van der Waals surface area contributed by atoms with Crippen molar-refractivity contribution in [3.8, 4) is 60.1 Å². The molecular formula is C59H67ClFN5O6S5. The Kier molecular flexibility index (Phi) is 19.7. The Labute approximate surface area is 476 Å². The van der Waals surface area contributed by atoms with Crippen LogP contribution in [0.4, 0.5) is 4.39 Å². The van der Waals surface area contributed by atoms with E-state index in [1.165, 1.54) is 48.6 Å². The van der Waals surface area contributed by atoms with Crippen molar-refractivity contribution >= 4 is 86.0 Å². The highest BCUT2D eigenvalue weighted by molar-refractivity contribution is 8.18. The Morgan fingerprint density at radius 3 is 1.78 bits per heavy atom. The van der Waals surface area contributed by atoms with Crippen LogP contribution < -0.4 is 9.50 Å². The summed E-state index contributed by atoms with van der Waals surface area (Å²) in [5.74, 6) is 1.74. The number of halogens is 2. The molecule has 1 unspecified atom stereocenters. The van der Waals surface area contributed by atoms with Crippen molar-refractivity contribution in [2.24, 2.45) is 5.16 Å². The van der Waals surface area contributed by atoms with Gasteiger partial charge in [0.25, 0.3) is 5.91 Å². The zero-order chi connectivity index (χ0) is 56.8. The lowest BCUT2D eigenvalue weighted by Crippen LogP contribution is -2.19. The average Bonchev–Trinajstić information content (AvgIpc) is 4.09. The van der Waals surface area contributed by atoms with Crippen molar-refractivity contribution < 1.29 is 32.6 Å². The van der Waals surface area contributed by atoms with Gasteiger partial charge in [-0.2, -0.15) is 0 Å². The molecule has 0 spiro atoms. The van der Waals surface area contributed by atoms with E-state index < -0.39 is 11.1 Å². The number of phenolic OH excluding ortho intramolecular Hbond substituents is 2. The third kappa shape index (κ3) is 15.8. The van der Waals surface area contributed by atoms with Crippen LogP contribution in [0.15, 0.2) is 111 Å².